The molecule has 0 radical (unpaired) electrons. The van der Waals surface area contributed by atoms with Crippen LogP contribution in [0.15, 0.2) is 30.9 Å². The van der Waals surface area contributed by atoms with E-state index in [1.54, 1.807) is 12.1 Å². The molecule has 0 aliphatic heterocycles. The molecule has 0 fully saturated rings. The topological polar surface area (TPSA) is 54.4 Å². The van der Waals surface area contributed by atoms with Crippen molar-refractivity contribution < 1.29 is 14.7 Å². The third kappa shape index (κ3) is 2.29. The van der Waals surface area contributed by atoms with Crippen molar-refractivity contribution in [1.29, 1.82) is 0 Å². The maximum atomic E-state index is 10.7. The van der Waals surface area contributed by atoms with Gasteiger partial charge in [-0.05, 0) is 30.2 Å². The lowest BCUT2D eigenvalue weighted by Crippen LogP contribution is -1.99. The van der Waals surface area contributed by atoms with Gasteiger partial charge in [-0.15, -0.1) is 6.58 Å². The lowest BCUT2D eigenvalue weighted by atomic mass is 10.0. The zero-order valence-electron chi connectivity index (χ0n) is 7.56. The van der Waals surface area contributed by atoms with Crippen LogP contribution in [0.5, 0.6) is 0 Å². The van der Waals surface area contributed by atoms with Crippen molar-refractivity contribution in [1.82, 2.24) is 0 Å². The number of aromatic carboxylic acids is 1. The van der Waals surface area contributed by atoms with E-state index in [1.807, 2.05) is 0 Å². The zero-order valence-corrected chi connectivity index (χ0v) is 7.56. The molecule has 1 aromatic carbocycles. The SMILES string of the molecule is C=CCc1cc(C=O)cc(C(=O)O)c1. The molecule has 0 saturated heterocycles. The first-order chi connectivity index (χ1) is 6.67. The Bertz CT molecular complexity index is 380. The van der Waals surface area contributed by atoms with E-state index in [9.17, 15) is 9.59 Å². The Balaban J connectivity index is 3.19. The number of carboxylic acids is 1. The number of hydrogen-bond acceptors (Lipinski definition) is 2. The van der Waals surface area contributed by atoms with Crippen LogP contribution in [0.3, 0.4) is 0 Å². The highest BCUT2D eigenvalue weighted by molar-refractivity contribution is 5.90. The van der Waals surface area contributed by atoms with Gasteiger partial charge in [-0.1, -0.05) is 6.08 Å². The van der Waals surface area contributed by atoms with E-state index in [4.69, 9.17) is 5.11 Å². The van der Waals surface area contributed by atoms with Crippen LogP contribution >= 0.6 is 0 Å². The summed E-state index contributed by atoms with van der Waals surface area (Å²) in [6.45, 7) is 3.55. The van der Waals surface area contributed by atoms with Crippen molar-refractivity contribution in [2.24, 2.45) is 0 Å². The minimum atomic E-state index is -1.03. The third-order valence-electron chi connectivity index (χ3n) is 1.78. The Morgan fingerprint density at radius 3 is 2.64 bits per heavy atom. The highest BCUT2D eigenvalue weighted by Gasteiger charge is 2.05. The fraction of sp³-hybridized carbons (Fsp3) is 0.0909. The van der Waals surface area contributed by atoms with Crippen LogP contribution in [-0.4, -0.2) is 17.4 Å². The molecule has 0 unspecified atom stereocenters. The van der Waals surface area contributed by atoms with E-state index in [2.05, 4.69) is 6.58 Å². The molecule has 72 valence electrons. The zero-order chi connectivity index (χ0) is 10.6. The van der Waals surface area contributed by atoms with E-state index >= 15 is 0 Å². The number of benzene rings is 1. The highest BCUT2D eigenvalue weighted by Crippen LogP contribution is 2.10. The smallest absolute Gasteiger partial charge is 0.335 e. The number of carbonyl (C=O) groups is 2. The molecule has 14 heavy (non-hydrogen) atoms. The van der Waals surface area contributed by atoms with Crippen LogP contribution in [0, 0.1) is 0 Å². The maximum Gasteiger partial charge on any atom is 0.335 e. The Hall–Kier alpha value is -1.90. The van der Waals surface area contributed by atoms with Crippen molar-refractivity contribution in [3.8, 4) is 0 Å². The summed E-state index contributed by atoms with van der Waals surface area (Å²) in [7, 11) is 0. The second-order valence-electron chi connectivity index (χ2n) is 2.88. The first-order valence-corrected chi connectivity index (χ1v) is 4.10. The number of allylic oxidation sites excluding steroid dienone is 1. The lowest BCUT2D eigenvalue weighted by molar-refractivity contribution is 0.0696. The van der Waals surface area contributed by atoms with Gasteiger partial charge < -0.3 is 5.11 Å². The molecule has 0 atom stereocenters. The van der Waals surface area contributed by atoms with Gasteiger partial charge in [-0.2, -0.15) is 0 Å². The quantitative estimate of drug-likeness (QED) is 0.583. The Morgan fingerprint density at radius 1 is 1.43 bits per heavy atom. The Labute approximate surface area is 81.7 Å². The fourth-order valence-electron chi connectivity index (χ4n) is 1.19. The average molecular weight is 190 g/mol. The lowest BCUT2D eigenvalue weighted by Gasteiger charge is -2.01. The van der Waals surface area contributed by atoms with Crippen molar-refractivity contribution >= 4 is 12.3 Å². The summed E-state index contributed by atoms with van der Waals surface area (Å²) in [4.78, 5) is 21.2. The van der Waals surface area contributed by atoms with Gasteiger partial charge in [0.1, 0.15) is 6.29 Å². The number of carboxylic acid groups (broad SMARTS) is 1. The monoisotopic (exact) mass is 190 g/mol. The molecule has 3 nitrogen and oxygen atoms in total. The predicted octanol–water partition coefficient (Wildman–Crippen LogP) is 1.93. The van der Waals surface area contributed by atoms with Crippen molar-refractivity contribution in [3.63, 3.8) is 0 Å². The molecule has 0 amide bonds. The molecule has 0 aliphatic carbocycles. The summed E-state index contributed by atoms with van der Waals surface area (Å²) in [5, 5.41) is 8.76. The second kappa shape index (κ2) is 4.37. The number of rotatable bonds is 4. The van der Waals surface area contributed by atoms with E-state index in [1.165, 1.54) is 12.1 Å². The van der Waals surface area contributed by atoms with Crippen LogP contribution in [0.2, 0.25) is 0 Å². The van der Waals surface area contributed by atoms with Crippen LogP contribution in [0.25, 0.3) is 0 Å². The molecule has 0 spiro atoms. The van der Waals surface area contributed by atoms with Gasteiger partial charge in [0.25, 0.3) is 0 Å². The standard InChI is InChI=1S/C11H10O3/c1-2-3-8-4-9(7-12)6-10(5-8)11(13)14/h2,4-7H,1,3H2,(H,13,14). The molecule has 0 bridgehead atoms. The number of aldehydes is 1. The average Bonchev–Trinajstić information content (AvgIpc) is 2.17. The van der Waals surface area contributed by atoms with Crippen molar-refractivity contribution in [2.45, 2.75) is 6.42 Å². The molecular weight excluding hydrogens is 180 g/mol. The van der Waals surface area contributed by atoms with Crippen molar-refractivity contribution in [2.75, 3.05) is 0 Å². The molecular formula is C11H10O3. The molecule has 3 heteroatoms. The summed E-state index contributed by atoms with van der Waals surface area (Å²) < 4.78 is 0. The molecule has 0 aromatic heterocycles. The molecule has 0 heterocycles. The normalized spacial score (nSPS) is 9.43. The highest BCUT2D eigenvalue weighted by atomic mass is 16.4. The van der Waals surface area contributed by atoms with Gasteiger partial charge in [0, 0.05) is 5.56 Å². The molecule has 1 N–H and O–H groups in total. The van der Waals surface area contributed by atoms with Crippen molar-refractivity contribution in [3.05, 3.63) is 47.5 Å². The summed E-state index contributed by atoms with van der Waals surface area (Å²) in [6, 6.07) is 4.54. The Kier molecular flexibility index (Phi) is 3.18. The predicted molar refractivity (Wildman–Crippen MR) is 52.7 cm³/mol. The van der Waals surface area contributed by atoms with Crippen LogP contribution in [0.4, 0.5) is 0 Å². The van der Waals surface area contributed by atoms with Crippen LogP contribution in [-0.2, 0) is 6.42 Å². The van der Waals surface area contributed by atoms with Gasteiger partial charge in [-0.25, -0.2) is 4.79 Å². The number of hydrogen-bond donors (Lipinski definition) is 1. The first kappa shape index (κ1) is 10.2. The second-order valence-corrected chi connectivity index (χ2v) is 2.88. The summed E-state index contributed by atoms with van der Waals surface area (Å²) >= 11 is 0. The van der Waals surface area contributed by atoms with Gasteiger partial charge in [0.05, 0.1) is 5.56 Å². The molecule has 0 aliphatic rings. The van der Waals surface area contributed by atoms with Gasteiger partial charge in [0.15, 0.2) is 0 Å². The van der Waals surface area contributed by atoms with E-state index in [-0.39, 0.29) is 5.56 Å². The van der Waals surface area contributed by atoms with Crippen LogP contribution < -0.4 is 0 Å². The van der Waals surface area contributed by atoms with Gasteiger partial charge in [-0.3, -0.25) is 4.79 Å². The minimum absolute atomic E-state index is 0.131. The summed E-state index contributed by atoms with van der Waals surface area (Å²) in [5.74, 6) is -1.03. The van der Waals surface area contributed by atoms with E-state index in [0.717, 1.165) is 5.56 Å². The fourth-order valence-corrected chi connectivity index (χ4v) is 1.19. The molecule has 1 aromatic rings. The first-order valence-electron chi connectivity index (χ1n) is 4.10. The molecule has 0 saturated carbocycles. The third-order valence-corrected chi connectivity index (χ3v) is 1.78. The molecule has 1 rings (SSSR count). The Morgan fingerprint density at radius 2 is 2.14 bits per heavy atom. The minimum Gasteiger partial charge on any atom is -0.478 e. The largest absolute Gasteiger partial charge is 0.478 e. The summed E-state index contributed by atoms with van der Waals surface area (Å²) in [6.07, 6.45) is 2.86. The van der Waals surface area contributed by atoms with Crippen LogP contribution in [0.1, 0.15) is 26.3 Å². The van der Waals surface area contributed by atoms with E-state index in [0.29, 0.717) is 18.3 Å². The van der Waals surface area contributed by atoms with E-state index < -0.39 is 5.97 Å². The number of carbonyl (C=O) groups excluding carboxylic acids is 1. The van der Waals surface area contributed by atoms with Gasteiger partial charge in [0.2, 0.25) is 0 Å². The van der Waals surface area contributed by atoms with Gasteiger partial charge >= 0.3 is 5.97 Å². The summed E-state index contributed by atoms with van der Waals surface area (Å²) in [5.41, 5.74) is 1.29. The maximum absolute atomic E-state index is 10.7.